The summed E-state index contributed by atoms with van der Waals surface area (Å²) in [5.41, 5.74) is 1.86. The number of piperidine rings is 1. The number of halogens is 2. The van der Waals surface area contributed by atoms with E-state index < -0.39 is 5.82 Å². The van der Waals surface area contributed by atoms with Crippen molar-refractivity contribution in [3.8, 4) is 5.75 Å². The number of hydrogen-bond acceptors (Lipinski definition) is 4. The highest BCUT2D eigenvalue weighted by atomic mass is 35.5. The van der Waals surface area contributed by atoms with Crippen LogP contribution in [-0.4, -0.2) is 39.1 Å². The minimum absolute atomic E-state index is 0.286. The number of hydrogen-bond donors (Lipinski definition) is 0. The molecule has 7 heteroatoms. The molecule has 1 aliphatic carbocycles. The molecule has 1 aliphatic heterocycles. The maximum absolute atomic E-state index is 13.8. The van der Waals surface area contributed by atoms with Gasteiger partial charge in [0.25, 0.3) is 0 Å². The molecule has 5 nitrogen and oxygen atoms in total. The number of ether oxygens (including phenoxy) is 1. The van der Waals surface area contributed by atoms with E-state index in [4.69, 9.17) is 16.3 Å². The average Bonchev–Trinajstić information content (AvgIpc) is 2.98. The number of rotatable bonds is 5. The summed E-state index contributed by atoms with van der Waals surface area (Å²) in [4.78, 5) is 11.4. The van der Waals surface area contributed by atoms with Crippen molar-refractivity contribution in [1.29, 1.82) is 0 Å². The number of pyridine rings is 1. The molecular formula is C20H20ClFN4O. The third kappa shape index (κ3) is 3.07. The lowest BCUT2D eigenvalue weighted by Gasteiger charge is -2.19. The molecule has 140 valence electrons. The Kier molecular flexibility index (Phi) is 4.06. The topological polar surface area (TPSA) is 43.2 Å². The fourth-order valence-electron chi connectivity index (χ4n) is 4.31. The average molecular weight is 387 g/mol. The molecule has 0 radical (unpaired) electrons. The number of nitrogens with zero attached hydrogens (tertiary/aromatic N) is 4. The molecule has 3 aromatic rings. The molecule has 0 N–H and O–H groups in total. The van der Waals surface area contributed by atoms with Crippen molar-refractivity contribution in [2.24, 2.45) is 24.8 Å². The summed E-state index contributed by atoms with van der Waals surface area (Å²) < 4.78 is 21.6. The Morgan fingerprint density at radius 3 is 2.81 bits per heavy atom. The number of fused-ring (bicyclic) bond motifs is 2. The molecule has 0 amide bonds. The zero-order valence-corrected chi connectivity index (χ0v) is 15.7. The molecule has 5 rings (SSSR count). The highest BCUT2D eigenvalue weighted by Crippen LogP contribution is 2.52. The van der Waals surface area contributed by atoms with Crippen molar-refractivity contribution >= 4 is 22.8 Å². The van der Waals surface area contributed by atoms with Crippen molar-refractivity contribution in [2.75, 3.05) is 19.7 Å². The Morgan fingerprint density at radius 1 is 1.26 bits per heavy atom. The molecule has 27 heavy (non-hydrogen) atoms. The Balaban J connectivity index is 1.17. The standard InChI is InChI=1S/C20H20ClFN4O/c1-25-17-3-2-6-23-20(17)24-19(25)10-26-8-13-14(9-26)15(13)11-27-18-5-4-12(21)7-16(18)22/h2-7,13-15H,8-11H2,1H3/t13-,14+,15?. The first-order valence-electron chi connectivity index (χ1n) is 9.16. The van der Waals surface area contributed by atoms with Crippen molar-refractivity contribution in [2.45, 2.75) is 6.54 Å². The van der Waals surface area contributed by atoms with Crippen molar-refractivity contribution in [3.05, 3.63) is 53.2 Å². The molecule has 2 aliphatic rings. The Bertz CT molecular complexity index is 995. The van der Waals surface area contributed by atoms with Crippen LogP contribution in [-0.2, 0) is 13.6 Å². The van der Waals surface area contributed by atoms with Crippen LogP contribution in [0.4, 0.5) is 4.39 Å². The molecule has 1 saturated carbocycles. The third-order valence-corrected chi connectivity index (χ3v) is 6.12. The van der Waals surface area contributed by atoms with Crippen LogP contribution in [0.15, 0.2) is 36.5 Å². The van der Waals surface area contributed by atoms with Gasteiger partial charge >= 0.3 is 0 Å². The fourth-order valence-corrected chi connectivity index (χ4v) is 4.46. The summed E-state index contributed by atoms with van der Waals surface area (Å²) in [7, 11) is 2.04. The molecule has 1 aromatic carbocycles. The van der Waals surface area contributed by atoms with Crippen LogP contribution in [0.1, 0.15) is 5.82 Å². The van der Waals surface area contributed by atoms with Crippen LogP contribution in [0.2, 0.25) is 5.02 Å². The van der Waals surface area contributed by atoms with Gasteiger partial charge in [-0.3, -0.25) is 4.90 Å². The van der Waals surface area contributed by atoms with Crippen LogP contribution in [0.5, 0.6) is 5.75 Å². The SMILES string of the molecule is Cn1c(CN2C[C@@H]3C(COc4ccc(Cl)cc4F)[C@@H]3C2)nc2ncccc21. The van der Waals surface area contributed by atoms with Gasteiger partial charge in [-0.05, 0) is 42.2 Å². The Labute approximate surface area is 161 Å². The lowest BCUT2D eigenvalue weighted by molar-refractivity contribution is 0.222. The molecule has 3 heterocycles. The number of imidazole rings is 1. The highest BCUT2D eigenvalue weighted by Gasteiger charge is 2.55. The van der Waals surface area contributed by atoms with Crippen LogP contribution in [0.25, 0.3) is 11.2 Å². The first-order chi connectivity index (χ1) is 13.1. The minimum Gasteiger partial charge on any atom is -0.490 e. The summed E-state index contributed by atoms with van der Waals surface area (Å²) in [5, 5.41) is 0.385. The maximum atomic E-state index is 13.8. The van der Waals surface area contributed by atoms with Gasteiger partial charge in [0.15, 0.2) is 17.2 Å². The summed E-state index contributed by atoms with van der Waals surface area (Å²) in [5.74, 6) is 2.71. The predicted molar refractivity (Wildman–Crippen MR) is 101 cm³/mol. The van der Waals surface area contributed by atoms with Crippen molar-refractivity contribution in [1.82, 2.24) is 19.4 Å². The van der Waals surface area contributed by atoms with E-state index in [9.17, 15) is 4.39 Å². The second-order valence-corrected chi connectivity index (χ2v) is 7.94. The van der Waals surface area contributed by atoms with Gasteiger partial charge in [-0.1, -0.05) is 11.6 Å². The molecule has 2 aromatic heterocycles. The lowest BCUT2D eigenvalue weighted by atomic mass is 10.2. The zero-order chi connectivity index (χ0) is 18.5. The van der Waals surface area contributed by atoms with E-state index in [1.54, 1.807) is 18.3 Å². The second-order valence-electron chi connectivity index (χ2n) is 7.50. The molecule has 1 saturated heterocycles. The molecule has 1 unspecified atom stereocenters. The smallest absolute Gasteiger partial charge is 0.177 e. The molecule has 2 fully saturated rings. The van der Waals surface area contributed by atoms with Crippen LogP contribution in [0.3, 0.4) is 0 Å². The first-order valence-corrected chi connectivity index (χ1v) is 9.54. The summed E-state index contributed by atoms with van der Waals surface area (Å²) >= 11 is 5.78. The van der Waals surface area contributed by atoms with Gasteiger partial charge in [0.05, 0.1) is 18.7 Å². The minimum atomic E-state index is -0.398. The fraction of sp³-hybridized carbons (Fsp3) is 0.400. The molecule has 3 atom stereocenters. The van der Waals surface area contributed by atoms with Gasteiger partial charge in [0.2, 0.25) is 0 Å². The van der Waals surface area contributed by atoms with Crippen molar-refractivity contribution in [3.63, 3.8) is 0 Å². The number of aromatic nitrogens is 3. The molecule has 0 spiro atoms. The first kappa shape index (κ1) is 17.0. The van der Waals surface area contributed by atoms with E-state index in [1.807, 2.05) is 19.2 Å². The highest BCUT2D eigenvalue weighted by molar-refractivity contribution is 6.30. The number of likely N-dealkylation sites (tertiary alicyclic amines) is 1. The van der Waals surface area contributed by atoms with E-state index in [0.717, 1.165) is 36.6 Å². The third-order valence-electron chi connectivity index (χ3n) is 5.89. The van der Waals surface area contributed by atoms with E-state index in [0.29, 0.717) is 29.4 Å². The zero-order valence-electron chi connectivity index (χ0n) is 15.0. The molecular weight excluding hydrogens is 367 g/mol. The Hall–Kier alpha value is -2.18. The largest absolute Gasteiger partial charge is 0.490 e. The maximum Gasteiger partial charge on any atom is 0.177 e. The normalized spacial score (nSPS) is 24.3. The summed E-state index contributed by atoms with van der Waals surface area (Å²) in [6.07, 6.45) is 1.78. The van der Waals surface area contributed by atoms with E-state index >= 15 is 0 Å². The lowest BCUT2D eigenvalue weighted by Crippen LogP contribution is -2.26. The summed E-state index contributed by atoms with van der Waals surface area (Å²) in [6, 6.07) is 8.53. The Morgan fingerprint density at radius 2 is 2.07 bits per heavy atom. The van der Waals surface area contributed by atoms with Gasteiger partial charge < -0.3 is 9.30 Å². The van der Waals surface area contributed by atoms with Crippen LogP contribution < -0.4 is 4.74 Å². The van der Waals surface area contributed by atoms with E-state index in [2.05, 4.69) is 19.4 Å². The monoisotopic (exact) mass is 386 g/mol. The quantitative estimate of drug-likeness (QED) is 0.673. The van der Waals surface area contributed by atoms with Gasteiger partial charge in [-0.15, -0.1) is 0 Å². The van der Waals surface area contributed by atoms with Crippen LogP contribution >= 0.6 is 11.6 Å². The summed E-state index contributed by atoms with van der Waals surface area (Å²) in [6.45, 7) is 3.48. The van der Waals surface area contributed by atoms with Gasteiger partial charge in [-0.25, -0.2) is 14.4 Å². The molecule has 0 bridgehead atoms. The van der Waals surface area contributed by atoms with Crippen molar-refractivity contribution < 1.29 is 9.13 Å². The van der Waals surface area contributed by atoms with Gasteiger partial charge in [-0.2, -0.15) is 0 Å². The predicted octanol–water partition coefficient (Wildman–Crippen LogP) is 3.52. The van der Waals surface area contributed by atoms with E-state index in [1.165, 1.54) is 6.07 Å². The number of benzene rings is 1. The van der Waals surface area contributed by atoms with E-state index in [-0.39, 0.29) is 5.75 Å². The van der Waals surface area contributed by atoms with Gasteiger partial charge in [0, 0.05) is 37.3 Å². The van der Waals surface area contributed by atoms with Crippen LogP contribution in [0, 0.1) is 23.6 Å². The van der Waals surface area contributed by atoms with Gasteiger partial charge in [0.1, 0.15) is 5.82 Å². The second kappa shape index (κ2) is 6.46. The number of aryl methyl sites for hydroxylation is 1.